The summed E-state index contributed by atoms with van der Waals surface area (Å²) in [6.07, 6.45) is 0. The van der Waals surface area contributed by atoms with Crippen molar-refractivity contribution in [1.29, 1.82) is 0 Å². The molecule has 0 bridgehead atoms. The molecule has 3 rings (SSSR count). The zero-order valence-electron chi connectivity index (χ0n) is 13.9. The van der Waals surface area contributed by atoms with Gasteiger partial charge in [0.15, 0.2) is 0 Å². The van der Waals surface area contributed by atoms with Crippen LogP contribution in [-0.2, 0) is 9.84 Å². The Morgan fingerprint density at radius 2 is 1.11 bits per heavy atom. The lowest BCUT2D eigenvalue weighted by atomic mass is 10.3. The molecule has 0 aliphatic rings. The van der Waals surface area contributed by atoms with Crippen molar-refractivity contribution in [2.75, 3.05) is 5.73 Å². The standard InChI is InChI=1S/C12H10O4S.C6H6N2O2/c13-9-1-5-11(6-2-9)17(15,16)12-7-3-10(14)4-8-12;7-5-1-3-6(4-2-5)8(9)10/h1-8,13-14H;1-4H,7H2. The van der Waals surface area contributed by atoms with Gasteiger partial charge in [-0.3, -0.25) is 10.1 Å². The number of nitrogens with two attached hydrogens (primary N) is 1. The molecule has 0 saturated heterocycles. The lowest BCUT2D eigenvalue weighted by molar-refractivity contribution is -0.384. The molecule has 0 fully saturated rings. The fourth-order valence-electron chi connectivity index (χ4n) is 1.98. The van der Waals surface area contributed by atoms with Gasteiger partial charge in [-0.05, 0) is 60.7 Å². The van der Waals surface area contributed by atoms with Crippen molar-refractivity contribution in [3.8, 4) is 11.5 Å². The monoisotopic (exact) mass is 388 g/mol. The van der Waals surface area contributed by atoms with Crippen molar-refractivity contribution in [3.63, 3.8) is 0 Å². The third-order valence-electron chi connectivity index (χ3n) is 3.40. The van der Waals surface area contributed by atoms with E-state index < -0.39 is 14.8 Å². The average molecular weight is 388 g/mol. The number of hydrogen-bond donors (Lipinski definition) is 3. The number of phenols is 2. The van der Waals surface area contributed by atoms with Crippen LogP contribution in [-0.4, -0.2) is 23.6 Å². The lowest BCUT2D eigenvalue weighted by Crippen LogP contribution is -2.01. The van der Waals surface area contributed by atoms with Gasteiger partial charge in [-0.1, -0.05) is 0 Å². The van der Waals surface area contributed by atoms with E-state index in [-0.39, 0.29) is 27.0 Å². The Kier molecular flexibility index (Phi) is 5.99. The number of non-ortho nitro benzene ring substituents is 1. The highest BCUT2D eigenvalue weighted by Crippen LogP contribution is 2.23. The van der Waals surface area contributed by atoms with Crippen molar-refractivity contribution < 1.29 is 23.6 Å². The van der Waals surface area contributed by atoms with Gasteiger partial charge in [-0.2, -0.15) is 0 Å². The average Bonchev–Trinajstić information content (AvgIpc) is 2.63. The van der Waals surface area contributed by atoms with Crippen LogP contribution in [0.15, 0.2) is 82.6 Å². The van der Waals surface area contributed by atoms with Crippen molar-refractivity contribution in [1.82, 2.24) is 0 Å². The molecule has 27 heavy (non-hydrogen) atoms. The molecule has 0 saturated carbocycles. The fourth-order valence-corrected chi connectivity index (χ4v) is 3.24. The summed E-state index contributed by atoms with van der Waals surface area (Å²) < 4.78 is 24.2. The predicted molar refractivity (Wildman–Crippen MR) is 99.2 cm³/mol. The summed E-state index contributed by atoms with van der Waals surface area (Å²) in [6.45, 7) is 0. The van der Waals surface area contributed by atoms with Gasteiger partial charge < -0.3 is 15.9 Å². The Labute approximate surface area is 155 Å². The molecule has 140 valence electrons. The second-order valence-corrected chi connectivity index (χ2v) is 7.29. The first-order chi connectivity index (χ1) is 12.7. The molecule has 0 spiro atoms. The maximum Gasteiger partial charge on any atom is 0.269 e. The van der Waals surface area contributed by atoms with E-state index in [2.05, 4.69) is 0 Å². The number of anilines is 1. The van der Waals surface area contributed by atoms with E-state index in [0.717, 1.165) is 0 Å². The molecule has 8 nitrogen and oxygen atoms in total. The van der Waals surface area contributed by atoms with Crippen LogP contribution in [0.2, 0.25) is 0 Å². The quantitative estimate of drug-likeness (QED) is 0.355. The molecule has 0 atom stereocenters. The molecule has 0 aromatic heterocycles. The summed E-state index contributed by atoms with van der Waals surface area (Å²) in [7, 11) is -3.59. The van der Waals surface area contributed by atoms with Crippen LogP contribution in [0.1, 0.15) is 0 Å². The molecule has 3 aromatic carbocycles. The topological polar surface area (TPSA) is 144 Å². The maximum atomic E-state index is 12.1. The third-order valence-corrected chi connectivity index (χ3v) is 5.18. The number of aromatic hydroxyl groups is 2. The smallest absolute Gasteiger partial charge is 0.269 e. The van der Waals surface area contributed by atoms with E-state index in [1.165, 1.54) is 72.8 Å². The summed E-state index contributed by atoms with van der Waals surface area (Å²) in [5, 5.41) is 28.3. The van der Waals surface area contributed by atoms with Crippen molar-refractivity contribution >= 4 is 21.2 Å². The van der Waals surface area contributed by atoms with Crippen molar-refractivity contribution in [2.24, 2.45) is 0 Å². The maximum absolute atomic E-state index is 12.1. The van der Waals surface area contributed by atoms with Crippen LogP contribution in [0.3, 0.4) is 0 Å². The summed E-state index contributed by atoms with van der Waals surface area (Å²) in [5.74, 6) is 0.0179. The van der Waals surface area contributed by atoms with E-state index in [1.54, 1.807) is 0 Å². The molecule has 0 heterocycles. The van der Waals surface area contributed by atoms with Crippen LogP contribution in [0.5, 0.6) is 11.5 Å². The van der Waals surface area contributed by atoms with Gasteiger partial charge >= 0.3 is 0 Å². The number of rotatable bonds is 3. The minimum absolute atomic E-state index is 0.00894. The fraction of sp³-hybridized carbons (Fsp3) is 0. The molecule has 0 amide bonds. The summed E-state index contributed by atoms with van der Waals surface area (Å²) in [5.41, 5.74) is 5.90. The summed E-state index contributed by atoms with van der Waals surface area (Å²) >= 11 is 0. The van der Waals surface area contributed by atoms with E-state index >= 15 is 0 Å². The van der Waals surface area contributed by atoms with Crippen LogP contribution in [0.4, 0.5) is 11.4 Å². The van der Waals surface area contributed by atoms with E-state index in [4.69, 9.17) is 15.9 Å². The Morgan fingerprint density at radius 3 is 1.44 bits per heavy atom. The molecule has 0 radical (unpaired) electrons. The number of sulfone groups is 1. The number of nitrogens with zero attached hydrogens (tertiary/aromatic N) is 1. The van der Waals surface area contributed by atoms with Gasteiger partial charge in [0.2, 0.25) is 9.84 Å². The van der Waals surface area contributed by atoms with E-state index in [9.17, 15) is 18.5 Å². The first kappa shape index (κ1) is 19.7. The zero-order valence-corrected chi connectivity index (χ0v) is 14.7. The van der Waals surface area contributed by atoms with Crippen LogP contribution in [0.25, 0.3) is 0 Å². The number of nitrogen functional groups attached to an aromatic ring is 1. The van der Waals surface area contributed by atoms with Crippen molar-refractivity contribution in [2.45, 2.75) is 9.79 Å². The van der Waals surface area contributed by atoms with Gasteiger partial charge in [0.1, 0.15) is 11.5 Å². The number of benzene rings is 3. The predicted octanol–water partition coefficient (Wildman–Crippen LogP) is 3.11. The SMILES string of the molecule is Nc1ccc([N+](=O)[O-])cc1.O=S(=O)(c1ccc(O)cc1)c1ccc(O)cc1. The first-order valence-electron chi connectivity index (χ1n) is 7.53. The van der Waals surface area contributed by atoms with Crippen LogP contribution < -0.4 is 5.73 Å². The summed E-state index contributed by atoms with van der Waals surface area (Å²) in [4.78, 5) is 9.81. The molecule has 4 N–H and O–H groups in total. The Balaban J connectivity index is 0.000000223. The normalized spacial score (nSPS) is 10.5. The highest BCUT2D eigenvalue weighted by atomic mass is 32.2. The largest absolute Gasteiger partial charge is 0.508 e. The second kappa shape index (κ2) is 8.19. The van der Waals surface area contributed by atoms with Gasteiger partial charge in [-0.25, -0.2) is 8.42 Å². The molecule has 0 unspecified atom stereocenters. The molecule has 0 aliphatic carbocycles. The number of phenolic OH excluding ortho intramolecular Hbond substituents is 2. The van der Waals surface area contributed by atoms with E-state index in [1.807, 2.05) is 0 Å². The van der Waals surface area contributed by atoms with E-state index in [0.29, 0.717) is 5.69 Å². The van der Waals surface area contributed by atoms with Gasteiger partial charge in [-0.15, -0.1) is 0 Å². The van der Waals surface area contributed by atoms with Crippen molar-refractivity contribution in [3.05, 3.63) is 82.9 Å². The highest BCUT2D eigenvalue weighted by molar-refractivity contribution is 7.91. The zero-order chi connectivity index (χ0) is 20.0. The Morgan fingerprint density at radius 1 is 0.741 bits per heavy atom. The number of hydrogen-bond acceptors (Lipinski definition) is 7. The van der Waals surface area contributed by atoms with Crippen LogP contribution >= 0.6 is 0 Å². The summed E-state index contributed by atoms with van der Waals surface area (Å²) in [6, 6.07) is 16.3. The first-order valence-corrected chi connectivity index (χ1v) is 9.01. The Bertz CT molecular complexity index is 963. The minimum atomic E-state index is -3.59. The third kappa shape index (κ3) is 5.19. The molecule has 3 aromatic rings. The molecular weight excluding hydrogens is 372 g/mol. The molecule has 9 heteroatoms. The van der Waals surface area contributed by atoms with Gasteiger partial charge in [0, 0.05) is 17.8 Å². The molecular formula is C18H16N2O6S. The highest BCUT2D eigenvalue weighted by Gasteiger charge is 2.17. The Hall–Kier alpha value is -3.59. The minimum Gasteiger partial charge on any atom is -0.508 e. The van der Waals surface area contributed by atoms with Gasteiger partial charge in [0.05, 0.1) is 14.7 Å². The number of nitro benzene ring substituents is 1. The number of nitro groups is 1. The lowest BCUT2D eigenvalue weighted by Gasteiger charge is -2.04. The second-order valence-electron chi connectivity index (χ2n) is 5.34. The van der Waals surface area contributed by atoms with Crippen LogP contribution in [0, 0.1) is 10.1 Å². The van der Waals surface area contributed by atoms with Gasteiger partial charge in [0.25, 0.3) is 5.69 Å². The molecule has 0 aliphatic heterocycles.